The van der Waals surface area contributed by atoms with Crippen molar-refractivity contribution in [2.45, 2.75) is 32.2 Å². The summed E-state index contributed by atoms with van der Waals surface area (Å²) in [5.74, 6) is 0. The predicted octanol–water partition coefficient (Wildman–Crippen LogP) is 3.07. The molecule has 2 nitrogen and oxygen atoms in total. The highest BCUT2D eigenvalue weighted by Crippen LogP contribution is 2.24. The van der Waals surface area contributed by atoms with Gasteiger partial charge in [-0.25, -0.2) is 0 Å². The van der Waals surface area contributed by atoms with Crippen LogP contribution in [0.3, 0.4) is 0 Å². The number of aryl methyl sites for hydroxylation is 1. The fourth-order valence-corrected chi connectivity index (χ4v) is 3.05. The van der Waals surface area contributed by atoms with E-state index in [0.29, 0.717) is 0 Å². The lowest BCUT2D eigenvalue weighted by atomic mass is 9.93. The summed E-state index contributed by atoms with van der Waals surface area (Å²) in [7, 11) is 0. The first-order chi connectivity index (χ1) is 8.59. The molecule has 0 spiro atoms. The van der Waals surface area contributed by atoms with Crippen LogP contribution in [0, 0.1) is 0 Å². The van der Waals surface area contributed by atoms with Crippen LogP contribution in [0.4, 0.5) is 0 Å². The van der Waals surface area contributed by atoms with Crippen molar-refractivity contribution in [1.82, 2.24) is 10.2 Å². The zero-order valence-corrected chi connectivity index (χ0v) is 13.0. The molecule has 1 aromatic carbocycles. The highest BCUT2D eigenvalue weighted by Gasteiger charge is 2.27. The molecule has 1 aliphatic heterocycles. The maximum atomic E-state index is 3.64. The topological polar surface area (TPSA) is 15.3 Å². The Balaban J connectivity index is 1.94. The van der Waals surface area contributed by atoms with Gasteiger partial charge in [-0.2, -0.15) is 0 Å². The van der Waals surface area contributed by atoms with Crippen LogP contribution in [0.25, 0.3) is 0 Å². The molecule has 1 heterocycles. The Morgan fingerprint density at radius 2 is 1.89 bits per heavy atom. The van der Waals surface area contributed by atoms with Crippen LogP contribution in [0.15, 0.2) is 28.7 Å². The molecule has 18 heavy (non-hydrogen) atoms. The van der Waals surface area contributed by atoms with Crippen molar-refractivity contribution >= 4 is 15.9 Å². The second-order valence-corrected chi connectivity index (χ2v) is 6.50. The van der Waals surface area contributed by atoms with Crippen molar-refractivity contribution in [2.75, 3.05) is 26.2 Å². The van der Waals surface area contributed by atoms with Gasteiger partial charge in [0.1, 0.15) is 0 Å². The number of hydrogen-bond donors (Lipinski definition) is 1. The van der Waals surface area contributed by atoms with E-state index in [4.69, 9.17) is 0 Å². The van der Waals surface area contributed by atoms with E-state index < -0.39 is 0 Å². The molecule has 1 aromatic rings. The largest absolute Gasteiger partial charge is 0.314 e. The smallest absolute Gasteiger partial charge is 0.0207 e. The number of nitrogens with zero attached hydrogens (tertiary/aromatic N) is 1. The molecule has 1 aliphatic rings. The monoisotopic (exact) mass is 310 g/mol. The second-order valence-electron chi connectivity index (χ2n) is 5.64. The van der Waals surface area contributed by atoms with Gasteiger partial charge in [0.15, 0.2) is 0 Å². The molecule has 1 fully saturated rings. The number of benzene rings is 1. The highest BCUT2D eigenvalue weighted by atomic mass is 79.9. The number of hydrogen-bond acceptors (Lipinski definition) is 2. The van der Waals surface area contributed by atoms with E-state index in [-0.39, 0.29) is 5.54 Å². The summed E-state index contributed by atoms with van der Waals surface area (Å²) < 4.78 is 1.24. The van der Waals surface area contributed by atoms with E-state index in [0.717, 1.165) is 19.5 Å². The Labute approximate surface area is 119 Å². The third-order valence-electron chi connectivity index (χ3n) is 3.94. The van der Waals surface area contributed by atoms with Crippen molar-refractivity contribution in [1.29, 1.82) is 0 Å². The Hall–Kier alpha value is -0.380. The number of nitrogens with one attached hydrogen (secondary N) is 1. The quantitative estimate of drug-likeness (QED) is 0.919. The van der Waals surface area contributed by atoms with Gasteiger partial charge in [-0.15, -0.1) is 0 Å². The zero-order valence-electron chi connectivity index (χ0n) is 11.4. The first-order valence-corrected chi connectivity index (χ1v) is 7.58. The van der Waals surface area contributed by atoms with Gasteiger partial charge in [0.25, 0.3) is 0 Å². The summed E-state index contributed by atoms with van der Waals surface area (Å²) in [6.45, 7) is 9.33. The van der Waals surface area contributed by atoms with Gasteiger partial charge < -0.3 is 5.32 Å². The van der Waals surface area contributed by atoms with Crippen LogP contribution < -0.4 is 5.32 Å². The molecule has 1 N–H and O–H groups in total. The molecule has 1 saturated heterocycles. The maximum Gasteiger partial charge on any atom is 0.0207 e. The normalized spacial score (nSPS) is 17.9. The third-order valence-corrected chi connectivity index (χ3v) is 4.71. The van der Waals surface area contributed by atoms with Crippen molar-refractivity contribution in [3.05, 3.63) is 34.3 Å². The molecular formula is C15H23BrN2. The summed E-state index contributed by atoms with van der Waals surface area (Å²) in [5.41, 5.74) is 1.71. The number of halogens is 1. The van der Waals surface area contributed by atoms with Gasteiger partial charge in [0.05, 0.1) is 0 Å². The molecule has 0 unspecified atom stereocenters. The highest BCUT2D eigenvalue weighted by molar-refractivity contribution is 9.10. The van der Waals surface area contributed by atoms with Crippen molar-refractivity contribution < 1.29 is 0 Å². The lowest BCUT2D eigenvalue weighted by molar-refractivity contribution is 0.0959. The lowest BCUT2D eigenvalue weighted by Crippen LogP contribution is -2.53. The van der Waals surface area contributed by atoms with Crippen LogP contribution >= 0.6 is 15.9 Å². The van der Waals surface area contributed by atoms with E-state index in [1.165, 1.54) is 29.5 Å². The summed E-state index contributed by atoms with van der Waals surface area (Å²) in [4.78, 5) is 2.61. The van der Waals surface area contributed by atoms with E-state index >= 15 is 0 Å². The van der Waals surface area contributed by atoms with Gasteiger partial charge >= 0.3 is 0 Å². The molecule has 0 atom stereocenters. The minimum absolute atomic E-state index is 0.289. The molecule has 0 amide bonds. The van der Waals surface area contributed by atoms with Gasteiger partial charge in [0, 0.05) is 36.2 Å². The summed E-state index contributed by atoms with van der Waals surface area (Å²) in [5, 5.41) is 3.42. The lowest BCUT2D eigenvalue weighted by Gasteiger charge is -2.41. The molecular weight excluding hydrogens is 288 g/mol. The molecule has 2 rings (SSSR count). The van der Waals surface area contributed by atoms with Crippen LogP contribution in [0.5, 0.6) is 0 Å². The molecule has 3 heteroatoms. The van der Waals surface area contributed by atoms with E-state index in [9.17, 15) is 0 Å². The van der Waals surface area contributed by atoms with Crippen molar-refractivity contribution in [3.8, 4) is 0 Å². The third kappa shape index (κ3) is 3.56. The van der Waals surface area contributed by atoms with E-state index in [2.05, 4.69) is 64.3 Å². The van der Waals surface area contributed by atoms with Gasteiger partial charge in [-0.1, -0.05) is 34.1 Å². The average Bonchev–Trinajstić information content (AvgIpc) is 2.39. The fourth-order valence-electron chi connectivity index (χ4n) is 2.57. The molecule has 0 radical (unpaired) electrons. The summed E-state index contributed by atoms with van der Waals surface area (Å²) in [6, 6.07) is 8.55. The van der Waals surface area contributed by atoms with Crippen LogP contribution in [0.1, 0.15) is 25.8 Å². The Morgan fingerprint density at radius 3 is 2.56 bits per heavy atom. The standard InChI is InChI=1S/C15H23BrN2/c1-15(2,18-11-9-17-10-12-18)8-7-13-5-3-4-6-14(13)16/h3-6,17H,7-12H2,1-2H3. The van der Waals surface area contributed by atoms with Crippen LogP contribution in [-0.4, -0.2) is 36.6 Å². The Kier molecular flexibility index (Phi) is 4.82. The molecule has 0 saturated carbocycles. The zero-order chi connectivity index (χ0) is 13.0. The van der Waals surface area contributed by atoms with E-state index in [1.807, 2.05) is 0 Å². The average molecular weight is 311 g/mol. The Bertz CT molecular complexity index is 384. The molecule has 100 valence electrons. The number of piperazine rings is 1. The first kappa shape index (κ1) is 14.0. The molecule has 0 bridgehead atoms. The minimum Gasteiger partial charge on any atom is -0.314 e. The minimum atomic E-state index is 0.289. The molecule has 0 aromatic heterocycles. The van der Waals surface area contributed by atoms with Gasteiger partial charge in [0.2, 0.25) is 0 Å². The Morgan fingerprint density at radius 1 is 1.22 bits per heavy atom. The van der Waals surface area contributed by atoms with Crippen molar-refractivity contribution in [3.63, 3.8) is 0 Å². The van der Waals surface area contributed by atoms with Crippen LogP contribution in [0.2, 0.25) is 0 Å². The van der Waals surface area contributed by atoms with Gasteiger partial charge in [-0.05, 0) is 38.3 Å². The van der Waals surface area contributed by atoms with Crippen molar-refractivity contribution in [2.24, 2.45) is 0 Å². The van der Waals surface area contributed by atoms with E-state index in [1.54, 1.807) is 0 Å². The first-order valence-electron chi connectivity index (χ1n) is 6.79. The fraction of sp³-hybridized carbons (Fsp3) is 0.600. The molecule has 0 aliphatic carbocycles. The predicted molar refractivity (Wildman–Crippen MR) is 81.0 cm³/mol. The van der Waals surface area contributed by atoms with Gasteiger partial charge in [-0.3, -0.25) is 4.90 Å². The number of rotatable bonds is 4. The SMILES string of the molecule is CC(C)(CCc1ccccc1Br)N1CCNCC1. The maximum absolute atomic E-state index is 3.64. The summed E-state index contributed by atoms with van der Waals surface area (Å²) >= 11 is 3.64. The van der Waals surface area contributed by atoms with Crippen LogP contribution in [-0.2, 0) is 6.42 Å². The summed E-state index contributed by atoms with van der Waals surface area (Å²) in [6.07, 6.45) is 2.34. The second kappa shape index (κ2) is 6.18.